The fraction of sp³-hybridized carbons (Fsp3) is 0.462. The van der Waals surface area contributed by atoms with Crippen LogP contribution in [0.5, 0.6) is 0 Å². The van der Waals surface area contributed by atoms with Crippen molar-refractivity contribution >= 4 is 16.7 Å². The summed E-state index contributed by atoms with van der Waals surface area (Å²) >= 11 is 0. The summed E-state index contributed by atoms with van der Waals surface area (Å²) < 4.78 is 11.1. The Balaban J connectivity index is 2.17. The Bertz CT molecular complexity index is 395. The van der Waals surface area contributed by atoms with Crippen LogP contribution in [0.2, 0.25) is 0 Å². The average Bonchev–Trinajstić information content (AvgIpc) is 2.37. The molecule has 0 aliphatic carbocycles. The van der Waals surface area contributed by atoms with Crippen LogP contribution in [-0.2, 0) is 22.1 Å². The molecule has 2 unspecified atom stereocenters. The monoisotopic (exact) mass is 268 g/mol. The highest BCUT2D eigenvalue weighted by Gasteiger charge is 2.06. The van der Waals surface area contributed by atoms with Gasteiger partial charge in [0.05, 0.1) is 6.54 Å². The highest BCUT2D eigenvalue weighted by molar-refractivity contribution is 7.84. The Kier molecular flexibility index (Phi) is 6.60. The first-order valence-electron chi connectivity index (χ1n) is 5.93. The molecule has 0 aliphatic heterocycles. The van der Waals surface area contributed by atoms with Crippen LogP contribution < -0.4 is 10.6 Å². The third-order valence-electron chi connectivity index (χ3n) is 2.62. The zero-order valence-electron chi connectivity index (χ0n) is 10.8. The summed E-state index contributed by atoms with van der Waals surface area (Å²) in [6, 6.07) is 9.77. The molecule has 0 spiro atoms. The maximum atomic E-state index is 11.5. The van der Waals surface area contributed by atoms with Crippen molar-refractivity contribution in [2.75, 3.05) is 19.3 Å². The van der Waals surface area contributed by atoms with Gasteiger partial charge in [-0.25, -0.2) is 0 Å². The van der Waals surface area contributed by atoms with Gasteiger partial charge in [-0.3, -0.25) is 9.00 Å². The summed E-state index contributed by atoms with van der Waals surface area (Å²) in [5, 5.41) is 5.88. The first-order chi connectivity index (χ1) is 8.59. The lowest BCUT2D eigenvalue weighted by atomic mass is 10.2. The van der Waals surface area contributed by atoms with Gasteiger partial charge in [0.25, 0.3) is 0 Å². The summed E-state index contributed by atoms with van der Waals surface area (Å²) in [6.07, 6.45) is 1.67. The van der Waals surface area contributed by atoms with E-state index in [-0.39, 0.29) is 17.7 Å². The van der Waals surface area contributed by atoms with E-state index in [9.17, 15) is 9.00 Å². The zero-order valence-corrected chi connectivity index (χ0v) is 11.6. The molecule has 0 aromatic heterocycles. The van der Waals surface area contributed by atoms with Gasteiger partial charge in [0.2, 0.25) is 5.91 Å². The number of hydrogen-bond donors (Lipinski definition) is 2. The molecule has 0 bridgehead atoms. The summed E-state index contributed by atoms with van der Waals surface area (Å²) in [5.74, 6) is -0.0482. The van der Waals surface area contributed by atoms with E-state index in [0.717, 1.165) is 5.56 Å². The van der Waals surface area contributed by atoms with E-state index in [1.807, 2.05) is 37.3 Å². The van der Waals surface area contributed by atoms with E-state index in [1.54, 1.807) is 6.26 Å². The molecule has 0 aliphatic rings. The number of carbonyl (C=O) groups excluding carboxylic acids is 1. The highest BCUT2D eigenvalue weighted by Crippen LogP contribution is 1.96. The molecule has 1 amide bonds. The summed E-state index contributed by atoms with van der Waals surface area (Å²) in [6.45, 7) is 3.28. The molecule has 18 heavy (non-hydrogen) atoms. The van der Waals surface area contributed by atoms with Crippen LogP contribution in [0.15, 0.2) is 30.3 Å². The van der Waals surface area contributed by atoms with Crippen molar-refractivity contribution in [2.45, 2.75) is 18.7 Å². The highest BCUT2D eigenvalue weighted by atomic mass is 32.2. The minimum atomic E-state index is -0.853. The summed E-state index contributed by atoms with van der Waals surface area (Å²) in [5.41, 5.74) is 1.08. The van der Waals surface area contributed by atoms with Gasteiger partial charge >= 0.3 is 0 Å². The Labute approximate surface area is 111 Å². The number of benzene rings is 1. The van der Waals surface area contributed by atoms with Gasteiger partial charge in [0.1, 0.15) is 0 Å². The maximum Gasteiger partial charge on any atom is 0.234 e. The van der Waals surface area contributed by atoms with E-state index < -0.39 is 10.8 Å². The molecule has 0 saturated carbocycles. The van der Waals surface area contributed by atoms with Crippen LogP contribution >= 0.6 is 0 Å². The fourth-order valence-electron chi connectivity index (χ4n) is 1.37. The molecular weight excluding hydrogens is 248 g/mol. The standard InChI is InChI=1S/C13H20N2O2S/c1-11(18(2)17)8-14-10-13(16)15-9-12-6-4-3-5-7-12/h3-7,11,14H,8-10H2,1-2H3,(H,15,16). The molecule has 4 nitrogen and oxygen atoms in total. The molecule has 0 saturated heterocycles. The topological polar surface area (TPSA) is 58.2 Å². The smallest absolute Gasteiger partial charge is 0.234 e. The van der Waals surface area contributed by atoms with Crippen molar-refractivity contribution < 1.29 is 9.00 Å². The van der Waals surface area contributed by atoms with E-state index in [0.29, 0.717) is 13.1 Å². The molecule has 5 heteroatoms. The average molecular weight is 268 g/mol. The third-order valence-corrected chi connectivity index (χ3v) is 3.92. The van der Waals surface area contributed by atoms with E-state index in [1.165, 1.54) is 0 Å². The first-order valence-corrected chi connectivity index (χ1v) is 7.55. The number of carbonyl (C=O) groups is 1. The van der Waals surface area contributed by atoms with Gasteiger partial charge in [0, 0.05) is 35.4 Å². The second-order valence-electron chi connectivity index (χ2n) is 4.20. The normalized spacial score (nSPS) is 13.9. The lowest BCUT2D eigenvalue weighted by Crippen LogP contribution is -2.37. The molecule has 2 atom stereocenters. The lowest BCUT2D eigenvalue weighted by molar-refractivity contribution is -0.120. The van der Waals surface area contributed by atoms with Crippen LogP contribution in [-0.4, -0.2) is 34.7 Å². The first kappa shape index (κ1) is 14.9. The van der Waals surface area contributed by atoms with Crippen molar-refractivity contribution in [2.24, 2.45) is 0 Å². The SMILES string of the molecule is CC(CNCC(=O)NCc1ccccc1)S(C)=O. The number of rotatable bonds is 7. The fourth-order valence-corrected chi connectivity index (χ4v) is 1.72. The van der Waals surface area contributed by atoms with Crippen molar-refractivity contribution in [3.8, 4) is 0 Å². The molecule has 0 fully saturated rings. The van der Waals surface area contributed by atoms with E-state index >= 15 is 0 Å². The largest absolute Gasteiger partial charge is 0.351 e. The van der Waals surface area contributed by atoms with Gasteiger partial charge < -0.3 is 10.6 Å². The van der Waals surface area contributed by atoms with Gasteiger partial charge in [-0.15, -0.1) is 0 Å². The van der Waals surface area contributed by atoms with Crippen molar-refractivity contribution in [1.82, 2.24) is 10.6 Å². The Morgan fingerprint density at radius 3 is 2.61 bits per heavy atom. The maximum absolute atomic E-state index is 11.5. The molecule has 2 N–H and O–H groups in total. The van der Waals surface area contributed by atoms with Crippen molar-refractivity contribution in [3.05, 3.63) is 35.9 Å². The van der Waals surface area contributed by atoms with Crippen LogP contribution in [0, 0.1) is 0 Å². The molecule has 100 valence electrons. The van der Waals surface area contributed by atoms with Crippen LogP contribution in [0.1, 0.15) is 12.5 Å². The van der Waals surface area contributed by atoms with E-state index in [2.05, 4.69) is 10.6 Å². The van der Waals surface area contributed by atoms with Crippen molar-refractivity contribution in [3.63, 3.8) is 0 Å². The predicted octanol–water partition coefficient (Wildman–Crippen LogP) is 0.659. The minimum Gasteiger partial charge on any atom is -0.351 e. The second kappa shape index (κ2) is 8.00. The minimum absolute atomic E-state index is 0.0482. The lowest BCUT2D eigenvalue weighted by Gasteiger charge is -2.10. The van der Waals surface area contributed by atoms with Crippen molar-refractivity contribution in [1.29, 1.82) is 0 Å². The Morgan fingerprint density at radius 1 is 1.33 bits per heavy atom. The van der Waals surface area contributed by atoms with E-state index in [4.69, 9.17) is 0 Å². The molecule has 0 heterocycles. The number of hydrogen-bond acceptors (Lipinski definition) is 3. The zero-order chi connectivity index (χ0) is 13.4. The summed E-state index contributed by atoms with van der Waals surface area (Å²) in [7, 11) is -0.853. The van der Waals surface area contributed by atoms with Gasteiger partial charge in [0.15, 0.2) is 0 Å². The third kappa shape index (κ3) is 5.93. The number of amides is 1. The molecule has 1 rings (SSSR count). The molecule has 1 aromatic rings. The van der Waals surface area contributed by atoms with Gasteiger partial charge in [-0.1, -0.05) is 30.3 Å². The molecular formula is C13H20N2O2S. The number of nitrogens with one attached hydrogen (secondary N) is 2. The van der Waals surface area contributed by atoms with Gasteiger partial charge in [-0.2, -0.15) is 0 Å². The van der Waals surface area contributed by atoms with Crippen LogP contribution in [0.3, 0.4) is 0 Å². The Morgan fingerprint density at radius 2 is 2.00 bits per heavy atom. The van der Waals surface area contributed by atoms with Gasteiger partial charge in [-0.05, 0) is 12.5 Å². The summed E-state index contributed by atoms with van der Waals surface area (Å²) in [4.78, 5) is 11.5. The predicted molar refractivity (Wildman–Crippen MR) is 74.7 cm³/mol. The molecule has 0 radical (unpaired) electrons. The Hall–Kier alpha value is -1.20. The second-order valence-corrected chi connectivity index (χ2v) is 6.00. The quantitative estimate of drug-likeness (QED) is 0.764. The molecule has 1 aromatic carbocycles. The van der Waals surface area contributed by atoms with Crippen LogP contribution in [0.4, 0.5) is 0 Å². The van der Waals surface area contributed by atoms with Crippen LogP contribution in [0.25, 0.3) is 0 Å².